The highest BCUT2D eigenvalue weighted by atomic mass is 35.5. The predicted octanol–water partition coefficient (Wildman–Crippen LogP) is 1.62. The van der Waals surface area contributed by atoms with Gasteiger partial charge in [-0.3, -0.25) is 9.78 Å². The molecule has 0 atom stereocenters. The van der Waals surface area contributed by atoms with E-state index in [-0.39, 0.29) is 0 Å². The summed E-state index contributed by atoms with van der Waals surface area (Å²) in [6, 6.07) is 0. The first kappa shape index (κ1) is 11.8. The van der Waals surface area contributed by atoms with E-state index in [1.165, 1.54) is 6.20 Å². The highest BCUT2D eigenvalue weighted by molar-refractivity contribution is 6.29. The molecule has 0 unspecified atom stereocenters. The second kappa shape index (κ2) is 7.49. The molecule has 0 aliphatic rings. The Labute approximate surface area is 81.9 Å². The molecule has 0 N–H and O–H groups in total. The lowest BCUT2D eigenvalue weighted by Crippen LogP contribution is -1.80. The van der Waals surface area contributed by atoms with Crippen molar-refractivity contribution < 1.29 is 9.53 Å². The molecule has 0 aliphatic heterocycles. The van der Waals surface area contributed by atoms with Gasteiger partial charge in [-0.15, -0.1) is 0 Å². The fourth-order valence-corrected chi connectivity index (χ4v) is 0.542. The molecule has 0 spiro atoms. The Balaban J connectivity index is 0.000000252. The fraction of sp³-hybridized carbons (Fsp3) is 0.375. The van der Waals surface area contributed by atoms with Crippen LogP contribution in [0.5, 0.6) is 0 Å². The van der Waals surface area contributed by atoms with Gasteiger partial charge >= 0.3 is 0 Å². The quantitative estimate of drug-likeness (QED) is 0.684. The molecule has 0 saturated heterocycles. The van der Waals surface area contributed by atoms with E-state index in [9.17, 15) is 4.79 Å². The molecule has 0 fully saturated rings. The normalized spacial score (nSPS) is 8.23. The lowest BCUT2D eigenvalue weighted by molar-refractivity contribution is -0.128. The van der Waals surface area contributed by atoms with Crippen LogP contribution in [0.4, 0.5) is 0 Å². The minimum atomic E-state index is 0.431. The number of hydrogen-bond acceptors (Lipinski definition) is 4. The molecular formula is C8H11ClN2O2. The second-order valence-corrected chi connectivity index (χ2v) is 2.42. The van der Waals surface area contributed by atoms with Crippen LogP contribution < -0.4 is 0 Å². The van der Waals surface area contributed by atoms with Gasteiger partial charge in [0.2, 0.25) is 0 Å². The zero-order valence-corrected chi connectivity index (χ0v) is 8.28. The molecule has 13 heavy (non-hydrogen) atoms. The zero-order valence-electron chi connectivity index (χ0n) is 7.53. The van der Waals surface area contributed by atoms with Gasteiger partial charge in [-0.25, -0.2) is 4.98 Å². The Bertz CT molecular complexity index is 217. The Morgan fingerprint density at radius 2 is 2.23 bits per heavy atom. The fourth-order valence-electron chi connectivity index (χ4n) is 0.445. The summed E-state index contributed by atoms with van der Waals surface area (Å²) in [6.07, 6.45) is 3.15. The van der Waals surface area contributed by atoms with Crippen molar-refractivity contribution in [2.24, 2.45) is 0 Å². The van der Waals surface area contributed by atoms with Gasteiger partial charge in [0.1, 0.15) is 5.15 Å². The van der Waals surface area contributed by atoms with E-state index in [2.05, 4.69) is 14.7 Å². The van der Waals surface area contributed by atoms with E-state index in [1.54, 1.807) is 13.1 Å². The number of hydrogen-bond donors (Lipinski definition) is 0. The summed E-state index contributed by atoms with van der Waals surface area (Å²) in [7, 11) is 0. The van der Waals surface area contributed by atoms with Crippen molar-refractivity contribution in [3.8, 4) is 0 Å². The van der Waals surface area contributed by atoms with Crippen LogP contribution in [0.3, 0.4) is 0 Å². The number of carbonyl (C=O) groups excluding carboxylic acids is 1. The largest absolute Gasteiger partial charge is 0.468 e. The summed E-state index contributed by atoms with van der Waals surface area (Å²) in [5.74, 6) is 0. The topological polar surface area (TPSA) is 52.1 Å². The van der Waals surface area contributed by atoms with Crippen molar-refractivity contribution in [1.82, 2.24) is 9.97 Å². The number of aryl methyl sites for hydroxylation is 1. The Kier molecular flexibility index (Phi) is 6.82. The van der Waals surface area contributed by atoms with Gasteiger partial charge in [-0.1, -0.05) is 11.6 Å². The highest BCUT2D eigenvalue weighted by Gasteiger charge is 1.84. The maximum atomic E-state index is 9.18. The van der Waals surface area contributed by atoms with Crippen molar-refractivity contribution in [2.45, 2.75) is 13.8 Å². The van der Waals surface area contributed by atoms with Gasteiger partial charge in [0.25, 0.3) is 6.47 Å². The number of aromatic nitrogens is 2. The molecule has 0 aliphatic carbocycles. The molecule has 1 aromatic rings. The van der Waals surface area contributed by atoms with E-state index in [1.807, 2.05) is 6.92 Å². The Morgan fingerprint density at radius 3 is 2.46 bits per heavy atom. The lowest BCUT2D eigenvalue weighted by atomic mass is 10.5. The molecule has 0 radical (unpaired) electrons. The molecule has 1 aromatic heterocycles. The van der Waals surface area contributed by atoms with Crippen LogP contribution in [0.15, 0.2) is 12.4 Å². The average molecular weight is 203 g/mol. The summed E-state index contributed by atoms with van der Waals surface area (Å²) >= 11 is 5.44. The minimum Gasteiger partial charge on any atom is -0.468 e. The molecule has 5 heteroatoms. The zero-order chi connectivity index (χ0) is 10.1. The molecule has 0 bridgehead atoms. The Morgan fingerprint density at radius 1 is 1.54 bits per heavy atom. The van der Waals surface area contributed by atoms with Crippen molar-refractivity contribution in [1.29, 1.82) is 0 Å². The number of halogens is 1. The van der Waals surface area contributed by atoms with Crippen LogP contribution in [-0.2, 0) is 9.53 Å². The van der Waals surface area contributed by atoms with Crippen LogP contribution in [0.25, 0.3) is 0 Å². The van der Waals surface area contributed by atoms with Gasteiger partial charge in [0.05, 0.1) is 18.5 Å². The van der Waals surface area contributed by atoms with Crippen LogP contribution in [0.2, 0.25) is 5.15 Å². The third kappa shape index (κ3) is 7.21. The molecule has 4 nitrogen and oxygen atoms in total. The predicted molar refractivity (Wildman–Crippen MR) is 49.5 cm³/mol. The number of rotatable bonds is 2. The molecule has 0 saturated carbocycles. The van der Waals surface area contributed by atoms with Gasteiger partial charge in [-0.05, 0) is 13.8 Å². The Hall–Kier alpha value is -1.16. The van der Waals surface area contributed by atoms with Gasteiger partial charge in [-0.2, -0.15) is 0 Å². The van der Waals surface area contributed by atoms with E-state index in [4.69, 9.17) is 11.6 Å². The van der Waals surface area contributed by atoms with Crippen molar-refractivity contribution in [3.63, 3.8) is 0 Å². The second-order valence-electron chi connectivity index (χ2n) is 2.03. The maximum absolute atomic E-state index is 9.18. The van der Waals surface area contributed by atoms with Crippen molar-refractivity contribution in [3.05, 3.63) is 23.2 Å². The van der Waals surface area contributed by atoms with Gasteiger partial charge in [0, 0.05) is 6.20 Å². The minimum absolute atomic E-state index is 0.431. The highest BCUT2D eigenvalue weighted by Crippen LogP contribution is 1.98. The third-order valence-corrected chi connectivity index (χ3v) is 1.18. The lowest BCUT2D eigenvalue weighted by Gasteiger charge is -1.86. The summed E-state index contributed by atoms with van der Waals surface area (Å²) < 4.78 is 4.15. The smallest absolute Gasteiger partial charge is 0.293 e. The number of carbonyl (C=O) groups is 1. The van der Waals surface area contributed by atoms with Crippen LogP contribution in [-0.4, -0.2) is 23.0 Å². The SMILES string of the molecule is CCOC=O.Cc1cnc(Cl)cn1. The van der Waals surface area contributed by atoms with Crippen LogP contribution in [0, 0.1) is 6.92 Å². The molecule has 72 valence electrons. The number of ether oxygens (including phenoxy) is 1. The molecule has 1 heterocycles. The van der Waals surface area contributed by atoms with Crippen molar-refractivity contribution >= 4 is 18.1 Å². The van der Waals surface area contributed by atoms with E-state index in [0.717, 1.165) is 5.69 Å². The van der Waals surface area contributed by atoms with E-state index >= 15 is 0 Å². The van der Waals surface area contributed by atoms with Crippen molar-refractivity contribution in [2.75, 3.05) is 6.61 Å². The third-order valence-electron chi connectivity index (χ3n) is 0.984. The summed E-state index contributed by atoms with van der Waals surface area (Å²) in [5.41, 5.74) is 0.884. The van der Waals surface area contributed by atoms with Crippen LogP contribution >= 0.6 is 11.6 Å². The van der Waals surface area contributed by atoms with E-state index in [0.29, 0.717) is 18.2 Å². The first-order chi connectivity index (χ1) is 6.20. The van der Waals surface area contributed by atoms with Gasteiger partial charge in [0.15, 0.2) is 0 Å². The average Bonchev–Trinajstić information content (AvgIpc) is 2.13. The molecule has 0 amide bonds. The first-order valence-corrected chi connectivity index (χ1v) is 4.08. The standard InChI is InChI=1S/C5H5ClN2.C3H6O2/c1-4-2-8-5(6)3-7-4;1-2-5-3-4/h2-3H,1H3;3H,2H2,1H3. The maximum Gasteiger partial charge on any atom is 0.293 e. The van der Waals surface area contributed by atoms with Crippen LogP contribution in [0.1, 0.15) is 12.6 Å². The first-order valence-electron chi connectivity index (χ1n) is 3.70. The van der Waals surface area contributed by atoms with E-state index < -0.39 is 0 Å². The van der Waals surface area contributed by atoms with Gasteiger partial charge < -0.3 is 4.74 Å². The summed E-state index contributed by atoms with van der Waals surface area (Å²) in [4.78, 5) is 16.8. The summed E-state index contributed by atoms with van der Waals surface area (Å²) in [5, 5.41) is 0.440. The molecule has 1 rings (SSSR count). The number of nitrogens with zero attached hydrogens (tertiary/aromatic N) is 2. The molecular weight excluding hydrogens is 192 g/mol. The molecule has 0 aromatic carbocycles. The monoisotopic (exact) mass is 202 g/mol. The summed E-state index contributed by atoms with van der Waals surface area (Å²) in [6.45, 7) is 4.53.